The van der Waals surface area contributed by atoms with Crippen molar-refractivity contribution < 1.29 is 14.6 Å². The SMILES string of the molecule is CCCCCNC(=O)N(C)CC(O)COC. The van der Waals surface area contributed by atoms with Gasteiger partial charge in [-0.2, -0.15) is 0 Å². The second-order valence-corrected chi connectivity index (χ2v) is 3.93. The van der Waals surface area contributed by atoms with Crippen LogP contribution in [0.2, 0.25) is 0 Å². The molecule has 2 amide bonds. The lowest BCUT2D eigenvalue weighted by molar-refractivity contribution is 0.0490. The number of aliphatic hydroxyl groups excluding tert-OH is 1. The maximum Gasteiger partial charge on any atom is 0.317 e. The number of aliphatic hydroxyl groups is 1. The maximum absolute atomic E-state index is 11.5. The molecular formula is C11H24N2O3. The molecule has 0 aromatic heterocycles. The second-order valence-electron chi connectivity index (χ2n) is 3.93. The molecule has 0 aliphatic rings. The summed E-state index contributed by atoms with van der Waals surface area (Å²) >= 11 is 0. The van der Waals surface area contributed by atoms with E-state index in [1.807, 2.05) is 0 Å². The van der Waals surface area contributed by atoms with Crippen LogP contribution in [0.25, 0.3) is 0 Å². The van der Waals surface area contributed by atoms with E-state index in [1.54, 1.807) is 7.05 Å². The van der Waals surface area contributed by atoms with Gasteiger partial charge in [-0.1, -0.05) is 19.8 Å². The number of unbranched alkanes of at least 4 members (excludes halogenated alkanes) is 2. The molecule has 0 rings (SSSR count). The zero-order valence-corrected chi connectivity index (χ0v) is 10.5. The molecule has 2 N–H and O–H groups in total. The van der Waals surface area contributed by atoms with E-state index in [4.69, 9.17) is 4.74 Å². The van der Waals surface area contributed by atoms with Gasteiger partial charge in [0.2, 0.25) is 0 Å². The Morgan fingerprint density at radius 2 is 2.19 bits per heavy atom. The Bertz CT molecular complexity index is 188. The number of hydrogen-bond donors (Lipinski definition) is 2. The van der Waals surface area contributed by atoms with Gasteiger partial charge >= 0.3 is 6.03 Å². The van der Waals surface area contributed by atoms with Crippen LogP contribution in [0.4, 0.5) is 4.79 Å². The van der Waals surface area contributed by atoms with E-state index in [0.717, 1.165) is 19.3 Å². The van der Waals surface area contributed by atoms with Gasteiger partial charge in [0.1, 0.15) is 0 Å². The van der Waals surface area contributed by atoms with Gasteiger partial charge in [-0.05, 0) is 6.42 Å². The van der Waals surface area contributed by atoms with Crippen LogP contribution >= 0.6 is 0 Å². The van der Waals surface area contributed by atoms with Crippen molar-refractivity contribution in [3.63, 3.8) is 0 Å². The largest absolute Gasteiger partial charge is 0.389 e. The molecule has 0 aromatic carbocycles. The number of amides is 2. The molecule has 1 unspecified atom stereocenters. The van der Waals surface area contributed by atoms with Crippen LogP contribution in [0, 0.1) is 0 Å². The summed E-state index contributed by atoms with van der Waals surface area (Å²) in [5, 5.41) is 12.2. The molecule has 0 radical (unpaired) electrons. The van der Waals surface area contributed by atoms with Crippen LogP contribution in [-0.2, 0) is 4.74 Å². The number of rotatable bonds is 8. The van der Waals surface area contributed by atoms with Crippen molar-refractivity contribution in [1.82, 2.24) is 10.2 Å². The lowest BCUT2D eigenvalue weighted by atomic mass is 10.2. The number of hydrogen-bond acceptors (Lipinski definition) is 3. The Balaban J connectivity index is 3.64. The summed E-state index contributed by atoms with van der Waals surface area (Å²) in [5.74, 6) is 0. The minimum absolute atomic E-state index is 0.147. The number of carbonyl (C=O) groups is 1. The smallest absolute Gasteiger partial charge is 0.317 e. The Kier molecular flexibility index (Phi) is 8.94. The fourth-order valence-electron chi connectivity index (χ4n) is 1.35. The van der Waals surface area contributed by atoms with Crippen molar-refractivity contribution >= 4 is 6.03 Å². The molecule has 16 heavy (non-hydrogen) atoms. The molecule has 5 heteroatoms. The van der Waals surface area contributed by atoms with Crippen LogP contribution in [-0.4, -0.2) is 56.0 Å². The lowest BCUT2D eigenvalue weighted by Crippen LogP contribution is -2.42. The third-order valence-electron chi connectivity index (χ3n) is 2.25. The van der Waals surface area contributed by atoms with Gasteiger partial charge < -0.3 is 20.1 Å². The minimum atomic E-state index is -0.628. The summed E-state index contributed by atoms with van der Waals surface area (Å²) in [5.41, 5.74) is 0. The molecular weight excluding hydrogens is 208 g/mol. The van der Waals surface area contributed by atoms with Crippen LogP contribution in [0.5, 0.6) is 0 Å². The van der Waals surface area contributed by atoms with E-state index in [1.165, 1.54) is 12.0 Å². The second kappa shape index (κ2) is 9.42. The predicted octanol–water partition coefficient (Wildman–Crippen LogP) is 0.825. The Morgan fingerprint density at radius 3 is 2.75 bits per heavy atom. The molecule has 1 atom stereocenters. The zero-order chi connectivity index (χ0) is 12.4. The maximum atomic E-state index is 11.5. The average molecular weight is 232 g/mol. The predicted molar refractivity (Wildman–Crippen MR) is 63.4 cm³/mol. The summed E-state index contributed by atoms with van der Waals surface area (Å²) in [4.78, 5) is 13.0. The normalized spacial score (nSPS) is 12.2. The van der Waals surface area contributed by atoms with Gasteiger partial charge in [0.15, 0.2) is 0 Å². The first kappa shape index (κ1) is 15.2. The molecule has 0 saturated heterocycles. The van der Waals surface area contributed by atoms with Crippen molar-refractivity contribution in [3.05, 3.63) is 0 Å². The number of likely N-dealkylation sites (N-methyl/N-ethyl adjacent to an activating group) is 1. The zero-order valence-electron chi connectivity index (χ0n) is 10.5. The van der Waals surface area contributed by atoms with Crippen LogP contribution < -0.4 is 5.32 Å². The summed E-state index contributed by atoms with van der Waals surface area (Å²) in [6, 6.07) is -0.147. The molecule has 0 aliphatic heterocycles. The topological polar surface area (TPSA) is 61.8 Å². The van der Waals surface area contributed by atoms with E-state index < -0.39 is 6.10 Å². The molecule has 0 heterocycles. The van der Waals surface area contributed by atoms with Crippen molar-refractivity contribution in [2.24, 2.45) is 0 Å². The summed E-state index contributed by atoms with van der Waals surface area (Å²) < 4.78 is 4.79. The number of ether oxygens (including phenoxy) is 1. The Morgan fingerprint density at radius 1 is 1.50 bits per heavy atom. The summed E-state index contributed by atoms with van der Waals surface area (Å²) in [7, 11) is 3.18. The number of nitrogens with zero attached hydrogens (tertiary/aromatic N) is 1. The monoisotopic (exact) mass is 232 g/mol. The fourth-order valence-corrected chi connectivity index (χ4v) is 1.35. The van der Waals surface area contributed by atoms with E-state index in [2.05, 4.69) is 12.2 Å². The van der Waals surface area contributed by atoms with Gasteiger partial charge in [0.25, 0.3) is 0 Å². The van der Waals surface area contributed by atoms with Gasteiger partial charge in [-0.3, -0.25) is 0 Å². The van der Waals surface area contributed by atoms with Gasteiger partial charge in [0.05, 0.1) is 19.3 Å². The molecule has 0 spiro atoms. The highest BCUT2D eigenvalue weighted by Gasteiger charge is 2.12. The number of methoxy groups -OCH3 is 1. The first-order valence-electron chi connectivity index (χ1n) is 5.77. The quantitative estimate of drug-likeness (QED) is 0.609. The molecule has 5 nitrogen and oxygen atoms in total. The van der Waals surface area contributed by atoms with Crippen molar-refractivity contribution in [2.45, 2.75) is 32.3 Å². The molecule has 0 bridgehead atoms. The average Bonchev–Trinajstić information content (AvgIpc) is 2.24. The number of carbonyl (C=O) groups excluding carboxylic acids is 1. The summed E-state index contributed by atoms with van der Waals surface area (Å²) in [6.07, 6.45) is 2.63. The number of nitrogens with one attached hydrogen (secondary N) is 1. The molecule has 0 aliphatic carbocycles. The third kappa shape index (κ3) is 7.48. The van der Waals surface area contributed by atoms with Gasteiger partial charge in [-0.15, -0.1) is 0 Å². The molecule has 0 fully saturated rings. The van der Waals surface area contributed by atoms with E-state index >= 15 is 0 Å². The van der Waals surface area contributed by atoms with Gasteiger partial charge in [-0.25, -0.2) is 4.79 Å². The van der Waals surface area contributed by atoms with Crippen LogP contribution in [0.15, 0.2) is 0 Å². The van der Waals surface area contributed by atoms with Crippen molar-refractivity contribution in [1.29, 1.82) is 0 Å². The fraction of sp³-hybridized carbons (Fsp3) is 0.909. The first-order valence-corrected chi connectivity index (χ1v) is 5.77. The van der Waals surface area contributed by atoms with Gasteiger partial charge in [0, 0.05) is 20.7 Å². The Hall–Kier alpha value is -0.810. The van der Waals surface area contributed by atoms with Crippen LogP contribution in [0.1, 0.15) is 26.2 Å². The highest BCUT2D eigenvalue weighted by Crippen LogP contribution is 1.94. The highest BCUT2D eigenvalue weighted by molar-refractivity contribution is 5.73. The first-order chi connectivity index (χ1) is 7.61. The Labute approximate surface area is 97.8 Å². The van der Waals surface area contributed by atoms with E-state index in [0.29, 0.717) is 6.54 Å². The lowest BCUT2D eigenvalue weighted by Gasteiger charge is -2.20. The molecule has 0 saturated carbocycles. The van der Waals surface area contributed by atoms with Crippen molar-refractivity contribution in [3.8, 4) is 0 Å². The highest BCUT2D eigenvalue weighted by atomic mass is 16.5. The minimum Gasteiger partial charge on any atom is -0.389 e. The standard InChI is InChI=1S/C11H24N2O3/c1-4-5-6-7-12-11(15)13(2)8-10(14)9-16-3/h10,14H,4-9H2,1-3H3,(H,12,15). The molecule has 96 valence electrons. The third-order valence-corrected chi connectivity index (χ3v) is 2.25. The van der Waals surface area contributed by atoms with Crippen molar-refractivity contribution in [2.75, 3.05) is 33.9 Å². The van der Waals surface area contributed by atoms with E-state index in [9.17, 15) is 9.90 Å². The van der Waals surface area contributed by atoms with Crippen LogP contribution in [0.3, 0.4) is 0 Å². The van der Waals surface area contributed by atoms with E-state index in [-0.39, 0.29) is 19.2 Å². The summed E-state index contributed by atoms with van der Waals surface area (Å²) in [6.45, 7) is 3.34. The molecule has 0 aromatic rings. The number of urea groups is 1.